The first kappa shape index (κ1) is 58.8. The molecule has 0 heterocycles. The molecule has 8 atom stereocenters. The quantitative estimate of drug-likeness (QED) is 0.0147. The third kappa shape index (κ3) is 31.7. The van der Waals surface area contributed by atoms with Gasteiger partial charge in [-0.1, -0.05) is 192 Å². The number of unbranched alkanes of at least 4 members (excludes halogenated alkanes) is 27. The van der Waals surface area contributed by atoms with Crippen LogP contribution in [-0.2, 0) is 27.9 Å². The molecule has 0 aromatic heterocycles. The number of carbonyl (C=O) groups excluding carboxylic acids is 1. The van der Waals surface area contributed by atoms with Gasteiger partial charge >= 0.3 is 13.8 Å². The highest BCUT2D eigenvalue weighted by Gasteiger charge is 2.51. The lowest BCUT2D eigenvalue weighted by atomic mass is 9.85. The fourth-order valence-electron chi connectivity index (χ4n) is 7.80. The van der Waals surface area contributed by atoms with Crippen LogP contribution in [0.3, 0.4) is 0 Å². The van der Waals surface area contributed by atoms with Crippen molar-refractivity contribution in [2.75, 3.05) is 19.8 Å². The van der Waals surface area contributed by atoms with Crippen LogP contribution in [0, 0.1) is 0 Å². The summed E-state index contributed by atoms with van der Waals surface area (Å²) in [7, 11) is -5.02. The van der Waals surface area contributed by atoms with Crippen LogP contribution in [0.25, 0.3) is 0 Å². The topological polar surface area (TPSA) is 192 Å². The van der Waals surface area contributed by atoms with Crippen molar-refractivity contribution in [3.8, 4) is 0 Å². The van der Waals surface area contributed by atoms with Crippen LogP contribution in [0.2, 0.25) is 0 Å². The van der Waals surface area contributed by atoms with Crippen LogP contribution >= 0.6 is 7.82 Å². The largest absolute Gasteiger partial charge is 0.472 e. The Bertz CT molecular complexity index is 1120. The van der Waals surface area contributed by atoms with Gasteiger partial charge in [-0.25, -0.2) is 4.57 Å². The number of rotatable bonds is 43. The molecule has 1 saturated carbocycles. The van der Waals surface area contributed by atoms with Gasteiger partial charge in [-0.15, -0.1) is 0 Å². The lowest BCUT2D eigenvalue weighted by Gasteiger charge is -2.41. The number of hydrogen-bond donors (Lipinski definition) is 6. The van der Waals surface area contributed by atoms with Crippen molar-refractivity contribution < 1.29 is 58.3 Å². The highest BCUT2D eigenvalue weighted by Crippen LogP contribution is 2.47. The third-order valence-corrected chi connectivity index (χ3v) is 12.8. The molecule has 0 bridgehead atoms. The molecule has 0 aliphatic heterocycles. The minimum Gasteiger partial charge on any atom is -0.457 e. The predicted molar refractivity (Wildman–Crippen MR) is 249 cm³/mol. The van der Waals surface area contributed by atoms with Crippen molar-refractivity contribution in [3.63, 3.8) is 0 Å². The Morgan fingerprint density at radius 2 is 0.903 bits per heavy atom. The molecule has 13 heteroatoms. The molecule has 0 saturated heterocycles. The molecule has 1 fully saturated rings. The molecule has 62 heavy (non-hydrogen) atoms. The van der Waals surface area contributed by atoms with E-state index in [0.717, 1.165) is 51.4 Å². The van der Waals surface area contributed by atoms with Gasteiger partial charge in [-0.05, 0) is 44.9 Å². The van der Waals surface area contributed by atoms with Crippen LogP contribution in [0.15, 0.2) is 24.3 Å². The van der Waals surface area contributed by atoms with Crippen molar-refractivity contribution in [2.45, 2.75) is 262 Å². The smallest absolute Gasteiger partial charge is 0.457 e. The van der Waals surface area contributed by atoms with Gasteiger partial charge in [0.15, 0.2) is 0 Å². The second kappa shape index (κ2) is 40.1. The molecule has 6 N–H and O–H groups in total. The summed E-state index contributed by atoms with van der Waals surface area (Å²) in [5.41, 5.74) is 0. The van der Waals surface area contributed by atoms with E-state index in [2.05, 4.69) is 38.2 Å². The molecule has 1 aliphatic carbocycles. The van der Waals surface area contributed by atoms with Gasteiger partial charge in [0, 0.05) is 13.0 Å². The monoisotopic (exact) mass is 905 g/mol. The van der Waals surface area contributed by atoms with E-state index in [0.29, 0.717) is 13.0 Å². The molecular formula is C49H93O12P. The Morgan fingerprint density at radius 1 is 0.516 bits per heavy atom. The summed E-state index contributed by atoms with van der Waals surface area (Å²) >= 11 is 0. The first-order valence-corrected chi connectivity index (χ1v) is 26.7. The number of allylic oxidation sites excluding steroid dienone is 4. The average Bonchev–Trinajstić information content (AvgIpc) is 3.26. The molecule has 0 amide bonds. The Labute approximate surface area is 377 Å². The van der Waals surface area contributed by atoms with E-state index in [9.17, 15) is 39.8 Å². The van der Waals surface area contributed by atoms with Crippen molar-refractivity contribution in [1.29, 1.82) is 0 Å². The molecule has 0 aromatic carbocycles. The number of hydrogen-bond acceptors (Lipinski definition) is 11. The summed E-state index contributed by atoms with van der Waals surface area (Å²) in [6, 6.07) is 0. The second-order valence-electron chi connectivity index (χ2n) is 17.7. The number of aliphatic hydroxyl groups excluding tert-OH is 5. The van der Waals surface area contributed by atoms with E-state index in [-0.39, 0.29) is 13.0 Å². The maximum absolute atomic E-state index is 12.8. The molecular weight excluding hydrogens is 812 g/mol. The van der Waals surface area contributed by atoms with Gasteiger partial charge in [0.05, 0.1) is 13.2 Å². The third-order valence-electron chi connectivity index (χ3n) is 11.8. The maximum Gasteiger partial charge on any atom is 0.472 e. The fraction of sp³-hybridized carbons (Fsp3) is 0.898. The van der Waals surface area contributed by atoms with Crippen LogP contribution in [-0.4, -0.2) is 98.9 Å². The van der Waals surface area contributed by atoms with Crippen molar-refractivity contribution in [1.82, 2.24) is 0 Å². The van der Waals surface area contributed by atoms with E-state index < -0.39 is 63.1 Å². The summed E-state index contributed by atoms with van der Waals surface area (Å²) in [6.07, 6.45) is 33.8. The van der Waals surface area contributed by atoms with Crippen molar-refractivity contribution in [2.24, 2.45) is 0 Å². The predicted octanol–water partition coefficient (Wildman–Crippen LogP) is 10.9. The minimum absolute atomic E-state index is 0.0738. The Balaban J connectivity index is 2.35. The van der Waals surface area contributed by atoms with Crippen molar-refractivity contribution in [3.05, 3.63) is 24.3 Å². The van der Waals surface area contributed by atoms with Gasteiger partial charge in [-0.2, -0.15) is 0 Å². The Kier molecular flexibility index (Phi) is 38.1. The number of phosphoric ester groups is 1. The zero-order valence-corrected chi connectivity index (χ0v) is 40.1. The molecule has 366 valence electrons. The van der Waals surface area contributed by atoms with E-state index in [1.54, 1.807) is 0 Å². The molecule has 1 aliphatic rings. The van der Waals surface area contributed by atoms with Gasteiger partial charge in [0.2, 0.25) is 0 Å². The standard InChI is InChI=1S/C49H93O12P/c1-3-5-7-9-11-13-15-17-19-21-22-23-24-26-28-30-32-34-36-38-43(50)60-42(41-59-62(56,57)61-49-47(54)45(52)44(51)46(53)48(49)55)40-58-39-37-35-33-31-29-27-25-20-18-16-14-12-10-8-6-4-2/h11,13,17,19,42,44-49,51-55H,3-10,12,14-16,18,20-41H2,1-2H3,(H,56,57)/b13-11-,19-17-/t42-,44?,45-,46?,47?,48?,49?/m1/s1. The van der Waals surface area contributed by atoms with Crippen LogP contribution in [0.5, 0.6) is 0 Å². The Morgan fingerprint density at radius 3 is 1.39 bits per heavy atom. The summed E-state index contributed by atoms with van der Waals surface area (Å²) in [4.78, 5) is 23.2. The minimum atomic E-state index is -5.02. The number of phosphoric acid groups is 1. The average molecular weight is 905 g/mol. The molecule has 12 nitrogen and oxygen atoms in total. The zero-order chi connectivity index (χ0) is 45.5. The van der Waals surface area contributed by atoms with E-state index >= 15 is 0 Å². The second-order valence-corrected chi connectivity index (χ2v) is 19.1. The van der Waals surface area contributed by atoms with Crippen molar-refractivity contribution >= 4 is 13.8 Å². The zero-order valence-electron chi connectivity index (χ0n) is 39.2. The molecule has 0 radical (unpaired) electrons. The van der Waals surface area contributed by atoms with Gasteiger partial charge in [0.1, 0.15) is 42.7 Å². The van der Waals surface area contributed by atoms with Gasteiger partial charge in [0.25, 0.3) is 0 Å². The highest BCUT2D eigenvalue weighted by molar-refractivity contribution is 7.47. The maximum atomic E-state index is 12.8. The fourth-order valence-corrected chi connectivity index (χ4v) is 8.77. The number of ether oxygens (including phenoxy) is 2. The van der Waals surface area contributed by atoms with Crippen LogP contribution in [0.1, 0.15) is 219 Å². The summed E-state index contributed by atoms with van der Waals surface area (Å²) in [6.45, 7) is 4.26. The van der Waals surface area contributed by atoms with Gasteiger partial charge < -0.3 is 39.9 Å². The van der Waals surface area contributed by atoms with Crippen LogP contribution in [0.4, 0.5) is 0 Å². The Hall–Kier alpha value is -1.18. The molecule has 1 rings (SSSR count). The van der Waals surface area contributed by atoms with E-state index in [1.807, 2.05) is 0 Å². The summed E-state index contributed by atoms with van der Waals surface area (Å²) in [5, 5.41) is 50.3. The summed E-state index contributed by atoms with van der Waals surface area (Å²) < 4.78 is 34.3. The summed E-state index contributed by atoms with van der Waals surface area (Å²) in [5.74, 6) is -0.478. The highest BCUT2D eigenvalue weighted by atomic mass is 31.2. The molecule has 6 unspecified atom stereocenters. The van der Waals surface area contributed by atoms with Crippen LogP contribution < -0.4 is 0 Å². The molecule has 0 aromatic rings. The molecule has 0 spiro atoms. The lowest BCUT2D eigenvalue weighted by molar-refractivity contribution is -0.220. The van der Waals surface area contributed by atoms with E-state index in [1.165, 1.54) is 141 Å². The first-order chi connectivity index (χ1) is 30.0. The van der Waals surface area contributed by atoms with Gasteiger partial charge in [-0.3, -0.25) is 13.8 Å². The lowest BCUT2D eigenvalue weighted by Crippen LogP contribution is -2.64. The van der Waals surface area contributed by atoms with E-state index in [4.69, 9.17) is 18.5 Å². The first-order valence-electron chi connectivity index (χ1n) is 25.2. The number of carbonyl (C=O) groups is 1. The number of esters is 1. The number of aliphatic hydroxyl groups is 5. The SMILES string of the molecule is CCCCC/C=C\C/C=C\CCCCCCCCCCCC(=O)O[C@H](COCCCCCCCCCCCCCCCCCC)COP(=O)(O)OC1C(O)C(O)C(O)[C@@H](O)C1O. The normalized spacial score (nSPS) is 22.1.